The predicted octanol–water partition coefficient (Wildman–Crippen LogP) is 4.28. The highest BCUT2D eigenvalue weighted by Gasteiger charge is 2.16. The van der Waals surface area contributed by atoms with Crippen LogP contribution in [0.2, 0.25) is 0 Å². The summed E-state index contributed by atoms with van der Waals surface area (Å²) >= 11 is 0. The van der Waals surface area contributed by atoms with Crippen LogP contribution in [0.1, 0.15) is 48.3 Å². The number of aryl methyl sites for hydroxylation is 1. The van der Waals surface area contributed by atoms with E-state index in [0.29, 0.717) is 24.5 Å². The first-order chi connectivity index (χ1) is 11.5. The Morgan fingerprint density at radius 3 is 2.54 bits per heavy atom. The first-order valence-electron chi connectivity index (χ1n) is 8.32. The molecule has 0 aliphatic rings. The largest absolute Gasteiger partial charge is 0.494 e. The molecule has 1 amide bonds. The van der Waals surface area contributed by atoms with Gasteiger partial charge in [-0.05, 0) is 52.0 Å². The summed E-state index contributed by atoms with van der Waals surface area (Å²) in [7, 11) is 0. The van der Waals surface area contributed by atoms with E-state index in [9.17, 15) is 4.79 Å². The monoisotopic (exact) mass is 327 g/mol. The molecule has 0 saturated carbocycles. The van der Waals surface area contributed by atoms with Crippen LogP contribution < -0.4 is 14.8 Å². The molecule has 2 aromatic rings. The summed E-state index contributed by atoms with van der Waals surface area (Å²) in [6.07, 6.45) is 0. The highest BCUT2D eigenvalue weighted by Crippen LogP contribution is 2.27. The number of nitrogens with one attached hydrogen (secondary N) is 1. The minimum Gasteiger partial charge on any atom is -0.494 e. The molecule has 1 N–H and O–H groups in total. The lowest BCUT2D eigenvalue weighted by atomic mass is 10.0. The zero-order chi connectivity index (χ0) is 17.5. The van der Waals surface area contributed by atoms with E-state index in [-0.39, 0.29) is 11.9 Å². The average molecular weight is 327 g/mol. The third-order valence-electron chi connectivity index (χ3n) is 3.69. The second-order valence-electron chi connectivity index (χ2n) is 5.63. The van der Waals surface area contributed by atoms with Gasteiger partial charge >= 0.3 is 0 Å². The van der Waals surface area contributed by atoms with Crippen molar-refractivity contribution in [1.29, 1.82) is 0 Å². The molecule has 0 aromatic heterocycles. The summed E-state index contributed by atoms with van der Waals surface area (Å²) < 4.78 is 11.1. The summed E-state index contributed by atoms with van der Waals surface area (Å²) in [5, 5.41) is 3.03. The van der Waals surface area contributed by atoms with Crippen LogP contribution in [0.25, 0.3) is 0 Å². The van der Waals surface area contributed by atoms with Crippen molar-refractivity contribution in [2.45, 2.75) is 33.7 Å². The summed E-state index contributed by atoms with van der Waals surface area (Å²) in [5.41, 5.74) is 2.69. The first kappa shape index (κ1) is 17.9. The Hall–Kier alpha value is -2.49. The quantitative estimate of drug-likeness (QED) is 0.825. The van der Waals surface area contributed by atoms with Gasteiger partial charge in [-0.2, -0.15) is 0 Å². The highest BCUT2D eigenvalue weighted by molar-refractivity contribution is 5.94. The van der Waals surface area contributed by atoms with Crippen molar-refractivity contribution in [3.8, 4) is 11.5 Å². The van der Waals surface area contributed by atoms with Gasteiger partial charge in [0, 0.05) is 11.1 Å². The molecule has 0 radical (unpaired) electrons. The second kappa shape index (κ2) is 8.39. The van der Waals surface area contributed by atoms with Gasteiger partial charge in [-0.25, -0.2) is 0 Å². The van der Waals surface area contributed by atoms with Gasteiger partial charge in [0.25, 0.3) is 5.91 Å². The van der Waals surface area contributed by atoms with Crippen molar-refractivity contribution in [3.63, 3.8) is 0 Å². The van der Waals surface area contributed by atoms with Crippen molar-refractivity contribution >= 4 is 5.91 Å². The van der Waals surface area contributed by atoms with Crippen LogP contribution in [-0.4, -0.2) is 19.1 Å². The molecule has 1 atom stereocenters. The van der Waals surface area contributed by atoms with E-state index in [4.69, 9.17) is 9.47 Å². The van der Waals surface area contributed by atoms with E-state index in [2.05, 4.69) is 5.32 Å². The van der Waals surface area contributed by atoms with E-state index in [0.717, 1.165) is 16.9 Å². The lowest BCUT2D eigenvalue weighted by Crippen LogP contribution is -2.27. The van der Waals surface area contributed by atoms with Crippen LogP contribution in [0.3, 0.4) is 0 Å². The molecule has 4 heteroatoms. The molecule has 24 heavy (non-hydrogen) atoms. The maximum atomic E-state index is 12.5. The zero-order valence-corrected chi connectivity index (χ0v) is 14.8. The minimum absolute atomic E-state index is 0.131. The predicted molar refractivity (Wildman–Crippen MR) is 95.8 cm³/mol. The van der Waals surface area contributed by atoms with Gasteiger partial charge in [-0.15, -0.1) is 0 Å². The highest BCUT2D eigenvalue weighted by atomic mass is 16.5. The maximum Gasteiger partial charge on any atom is 0.251 e. The first-order valence-corrected chi connectivity index (χ1v) is 8.32. The number of amides is 1. The summed E-state index contributed by atoms with van der Waals surface area (Å²) in [6, 6.07) is 13.1. The standard InChI is InChI=1S/C20H25NO3/c1-5-23-17-9-7-8-16(13-17)20(22)21-15(4)18-12-14(3)10-11-19(18)24-6-2/h7-13,15H,5-6H2,1-4H3,(H,21,22). The van der Waals surface area contributed by atoms with Crippen molar-refractivity contribution in [2.24, 2.45) is 0 Å². The Labute approximate surface area is 143 Å². The van der Waals surface area contributed by atoms with Gasteiger partial charge in [0.15, 0.2) is 0 Å². The van der Waals surface area contributed by atoms with Crippen LogP contribution in [0.5, 0.6) is 11.5 Å². The number of hydrogen-bond donors (Lipinski definition) is 1. The van der Waals surface area contributed by atoms with Crippen molar-refractivity contribution in [3.05, 3.63) is 59.2 Å². The summed E-state index contributed by atoms with van der Waals surface area (Å²) in [6.45, 7) is 9.02. The molecule has 2 rings (SSSR count). The smallest absolute Gasteiger partial charge is 0.251 e. The van der Waals surface area contributed by atoms with Crippen LogP contribution in [0.15, 0.2) is 42.5 Å². The van der Waals surface area contributed by atoms with E-state index >= 15 is 0 Å². The fraction of sp³-hybridized carbons (Fsp3) is 0.350. The van der Waals surface area contributed by atoms with Crippen molar-refractivity contribution in [2.75, 3.05) is 13.2 Å². The van der Waals surface area contributed by atoms with E-state index in [1.165, 1.54) is 0 Å². The maximum absolute atomic E-state index is 12.5. The number of rotatable bonds is 7. The van der Waals surface area contributed by atoms with Crippen molar-refractivity contribution < 1.29 is 14.3 Å². The molecule has 0 aliphatic carbocycles. The van der Waals surface area contributed by atoms with Gasteiger partial charge in [-0.3, -0.25) is 4.79 Å². The molecule has 0 bridgehead atoms. The zero-order valence-electron chi connectivity index (χ0n) is 14.8. The number of hydrogen-bond acceptors (Lipinski definition) is 3. The van der Waals surface area contributed by atoms with Crippen LogP contribution in [0, 0.1) is 6.92 Å². The molecular formula is C20H25NO3. The third kappa shape index (κ3) is 4.51. The number of carbonyl (C=O) groups excluding carboxylic acids is 1. The number of ether oxygens (including phenoxy) is 2. The normalized spacial score (nSPS) is 11.7. The molecular weight excluding hydrogens is 302 g/mol. The molecule has 2 aromatic carbocycles. The van der Waals surface area contributed by atoms with E-state index in [1.54, 1.807) is 12.1 Å². The average Bonchev–Trinajstić information content (AvgIpc) is 2.57. The molecule has 0 fully saturated rings. The minimum atomic E-state index is -0.158. The van der Waals surface area contributed by atoms with Gasteiger partial charge in [-0.1, -0.05) is 23.8 Å². The molecule has 0 spiro atoms. The van der Waals surface area contributed by atoms with Gasteiger partial charge in [0.2, 0.25) is 0 Å². The molecule has 0 aliphatic heterocycles. The third-order valence-corrected chi connectivity index (χ3v) is 3.69. The molecule has 4 nitrogen and oxygen atoms in total. The molecule has 0 saturated heterocycles. The number of benzene rings is 2. The van der Waals surface area contributed by atoms with Crippen LogP contribution in [0.4, 0.5) is 0 Å². The fourth-order valence-corrected chi connectivity index (χ4v) is 2.54. The Balaban J connectivity index is 2.17. The summed E-state index contributed by atoms with van der Waals surface area (Å²) in [5.74, 6) is 1.37. The Kier molecular flexibility index (Phi) is 6.24. The lowest BCUT2D eigenvalue weighted by molar-refractivity contribution is 0.0939. The van der Waals surface area contributed by atoms with Gasteiger partial charge < -0.3 is 14.8 Å². The Bertz CT molecular complexity index is 697. The van der Waals surface area contributed by atoms with Gasteiger partial charge in [0.1, 0.15) is 11.5 Å². The number of carbonyl (C=O) groups is 1. The van der Waals surface area contributed by atoms with E-state index < -0.39 is 0 Å². The fourth-order valence-electron chi connectivity index (χ4n) is 2.54. The summed E-state index contributed by atoms with van der Waals surface area (Å²) in [4.78, 5) is 12.5. The Morgan fingerprint density at radius 2 is 1.83 bits per heavy atom. The van der Waals surface area contributed by atoms with E-state index in [1.807, 2.05) is 58.0 Å². The SMILES string of the molecule is CCOc1cccc(C(=O)NC(C)c2cc(C)ccc2OCC)c1. The van der Waals surface area contributed by atoms with Crippen LogP contribution in [-0.2, 0) is 0 Å². The molecule has 1 unspecified atom stereocenters. The lowest BCUT2D eigenvalue weighted by Gasteiger charge is -2.19. The topological polar surface area (TPSA) is 47.6 Å². The molecule has 128 valence electrons. The molecule has 0 heterocycles. The van der Waals surface area contributed by atoms with Crippen LogP contribution >= 0.6 is 0 Å². The Morgan fingerprint density at radius 1 is 1.08 bits per heavy atom. The van der Waals surface area contributed by atoms with Crippen molar-refractivity contribution in [1.82, 2.24) is 5.32 Å². The van der Waals surface area contributed by atoms with Gasteiger partial charge in [0.05, 0.1) is 19.3 Å². The second-order valence-corrected chi connectivity index (χ2v) is 5.63.